The number of amides is 1. The van der Waals surface area contributed by atoms with Crippen LogP contribution < -0.4 is 4.80 Å². The average molecular weight is 380 g/mol. The second kappa shape index (κ2) is 7.46. The van der Waals surface area contributed by atoms with E-state index in [0.29, 0.717) is 24.5 Å². The number of ether oxygens (including phenoxy) is 1. The molecular weight excluding hydrogens is 362 g/mol. The molecule has 2 heterocycles. The maximum atomic E-state index is 14.3. The largest absolute Gasteiger partial charge is 0.380 e. The summed E-state index contributed by atoms with van der Waals surface area (Å²) in [5.74, 6) is -1.91. The van der Waals surface area contributed by atoms with Gasteiger partial charge in [0.25, 0.3) is 5.91 Å². The molecule has 0 bridgehead atoms. The lowest BCUT2D eigenvalue weighted by Gasteiger charge is -2.06. The van der Waals surface area contributed by atoms with Gasteiger partial charge in [0, 0.05) is 32.0 Å². The number of aromatic nitrogens is 3. The fraction of sp³-hybridized carbons (Fsp3) is 0.353. The smallest absolute Gasteiger partial charge is 0.300 e. The fourth-order valence-electron chi connectivity index (χ4n) is 2.53. The third kappa shape index (κ3) is 3.58. The van der Waals surface area contributed by atoms with E-state index in [0.717, 1.165) is 23.1 Å². The maximum absolute atomic E-state index is 14.3. The molecule has 0 saturated heterocycles. The minimum Gasteiger partial charge on any atom is -0.380 e. The zero-order chi connectivity index (χ0) is 18.8. The first-order valence-electron chi connectivity index (χ1n) is 8.06. The maximum Gasteiger partial charge on any atom is 0.300 e. The topological polar surface area (TPSA) is 61.4 Å². The van der Waals surface area contributed by atoms with Crippen molar-refractivity contribution in [2.24, 2.45) is 12.0 Å². The van der Waals surface area contributed by atoms with Gasteiger partial charge < -0.3 is 9.30 Å². The molecule has 0 fully saturated rings. The zero-order valence-corrected chi connectivity index (χ0v) is 15.4. The lowest BCUT2D eigenvalue weighted by atomic mass is 10.3. The zero-order valence-electron chi connectivity index (χ0n) is 14.6. The van der Waals surface area contributed by atoms with Crippen molar-refractivity contribution in [2.75, 3.05) is 13.2 Å². The van der Waals surface area contributed by atoms with Crippen LogP contribution in [0.4, 0.5) is 8.78 Å². The van der Waals surface area contributed by atoms with Gasteiger partial charge in [0.15, 0.2) is 16.3 Å². The summed E-state index contributed by atoms with van der Waals surface area (Å²) >= 11 is 1.05. The second-order valence-corrected chi connectivity index (χ2v) is 6.69. The summed E-state index contributed by atoms with van der Waals surface area (Å²) in [7, 11) is 1.73. The summed E-state index contributed by atoms with van der Waals surface area (Å²) < 4.78 is 36.7. The van der Waals surface area contributed by atoms with Gasteiger partial charge in [-0.1, -0.05) is 11.3 Å². The number of hydrogen-bond donors (Lipinski definition) is 0. The van der Waals surface area contributed by atoms with Gasteiger partial charge in [0.05, 0.1) is 16.8 Å². The Hall–Kier alpha value is -2.39. The highest BCUT2D eigenvalue weighted by Gasteiger charge is 2.15. The third-order valence-electron chi connectivity index (χ3n) is 3.89. The molecule has 0 aliphatic rings. The lowest BCUT2D eigenvalue weighted by Crippen LogP contribution is -2.20. The van der Waals surface area contributed by atoms with E-state index in [-0.39, 0.29) is 16.0 Å². The quantitative estimate of drug-likeness (QED) is 0.640. The molecule has 26 heavy (non-hydrogen) atoms. The fourth-order valence-corrected chi connectivity index (χ4v) is 3.63. The van der Waals surface area contributed by atoms with Gasteiger partial charge >= 0.3 is 0 Å². The number of hydrogen-bond acceptors (Lipinski definition) is 4. The average Bonchev–Trinajstić information content (AvgIpc) is 3.08. The number of carbonyl (C=O) groups is 1. The van der Waals surface area contributed by atoms with Crippen molar-refractivity contribution in [1.82, 2.24) is 14.3 Å². The summed E-state index contributed by atoms with van der Waals surface area (Å²) in [5.41, 5.74) is 1.22. The molecule has 1 amide bonds. The Morgan fingerprint density at radius 2 is 2.12 bits per heavy atom. The molecule has 0 aliphatic heterocycles. The van der Waals surface area contributed by atoms with Gasteiger partial charge in [0.2, 0.25) is 0 Å². The van der Waals surface area contributed by atoms with Gasteiger partial charge in [-0.05, 0) is 26.0 Å². The highest BCUT2D eigenvalue weighted by atomic mass is 32.1. The Kier molecular flexibility index (Phi) is 5.28. The van der Waals surface area contributed by atoms with Crippen molar-refractivity contribution in [3.8, 4) is 0 Å². The first-order valence-corrected chi connectivity index (χ1v) is 8.88. The molecule has 138 valence electrons. The van der Waals surface area contributed by atoms with E-state index in [2.05, 4.69) is 10.1 Å². The molecule has 2 aromatic heterocycles. The number of aryl methyl sites for hydroxylation is 2. The molecule has 0 atom stereocenters. The predicted octanol–water partition coefficient (Wildman–Crippen LogP) is 2.80. The van der Waals surface area contributed by atoms with Gasteiger partial charge in [-0.3, -0.25) is 9.48 Å². The number of benzene rings is 1. The van der Waals surface area contributed by atoms with E-state index in [1.165, 1.54) is 10.6 Å². The SMILES string of the molecule is CCOCCn1c(=NC(=O)c2cc(C)n(C)n2)sc2cc(F)cc(F)c21. The van der Waals surface area contributed by atoms with Crippen molar-refractivity contribution in [1.29, 1.82) is 0 Å². The number of nitrogens with zero attached hydrogens (tertiary/aromatic N) is 4. The van der Waals surface area contributed by atoms with Crippen molar-refractivity contribution in [3.05, 3.63) is 46.0 Å². The lowest BCUT2D eigenvalue weighted by molar-refractivity contribution is 0.0991. The van der Waals surface area contributed by atoms with E-state index in [1.54, 1.807) is 17.8 Å². The summed E-state index contributed by atoms with van der Waals surface area (Å²) in [6.07, 6.45) is 0. The number of halogens is 2. The summed E-state index contributed by atoms with van der Waals surface area (Å²) in [6, 6.07) is 3.68. The standard InChI is InChI=1S/C17H18F2N4O2S/c1-4-25-6-5-23-15-12(19)8-11(18)9-14(15)26-17(23)20-16(24)13-7-10(2)22(3)21-13/h7-9H,4-6H2,1-3H3. The van der Waals surface area contributed by atoms with Crippen LogP contribution in [-0.2, 0) is 18.3 Å². The van der Waals surface area contributed by atoms with Crippen LogP contribution >= 0.6 is 11.3 Å². The molecule has 3 rings (SSSR count). The molecule has 0 saturated carbocycles. The van der Waals surface area contributed by atoms with E-state index in [4.69, 9.17) is 4.74 Å². The van der Waals surface area contributed by atoms with Crippen molar-refractivity contribution in [2.45, 2.75) is 20.4 Å². The monoisotopic (exact) mass is 380 g/mol. The van der Waals surface area contributed by atoms with Crippen LogP contribution in [0.3, 0.4) is 0 Å². The Labute approximate surface area is 152 Å². The third-order valence-corrected chi connectivity index (χ3v) is 4.91. The summed E-state index contributed by atoms with van der Waals surface area (Å²) in [6.45, 7) is 4.81. The van der Waals surface area contributed by atoms with Crippen LogP contribution in [0.5, 0.6) is 0 Å². The Balaban J connectivity index is 2.12. The molecule has 0 N–H and O–H groups in total. The van der Waals surface area contributed by atoms with E-state index in [9.17, 15) is 13.6 Å². The van der Waals surface area contributed by atoms with Crippen LogP contribution in [0.25, 0.3) is 10.2 Å². The molecule has 0 spiro atoms. The van der Waals surface area contributed by atoms with E-state index < -0.39 is 17.5 Å². The first-order chi connectivity index (χ1) is 12.4. The Morgan fingerprint density at radius 3 is 2.77 bits per heavy atom. The second-order valence-electron chi connectivity index (χ2n) is 5.68. The molecule has 0 aliphatic carbocycles. The van der Waals surface area contributed by atoms with Crippen molar-refractivity contribution in [3.63, 3.8) is 0 Å². The van der Waals surface area contributed by atoms with Gasteiger partial charge in [-0.15, -0.1) is 0 Å². The molecule has 0 radical (unpaired) electrons. The Morgan fingerprint density at radius 1 is 1.35 bits per heavy atom. The molecule has 6 nitrogen and oxygen atoms in total. The minimum absolute atomic E-state index is 0.200. The van der Waals surface area contributed by atoms with E-state index in [1.807, 2.05) is 13.8 Å². The highest BCUT2D eigenvalue weighted by molar-refractivity contribution is 7.16. The predicted molar refractivity (Wildman–Crippen MR) is 94.1 cm³/mol. The van der Waals surface area contributed by atoms with Crippen LogP contribution in [0, 0.1) is 18.6 Å². The van der Waals surface area contributed by atoms with Crippen LogP contribution in [0.2, 0.25) is 0 Å². The first kappa shape index (κ1) is 18.4. The minimum atomic E-state index is -0.699. The summed E-state index contributed by atoms with van der Waals surface area (Å²) in [4.78, 5) is 16.8. The van der Waals surface area contributed by atoms with Crippen LogP contribution in [-0.4, -0.2) is 33.5 Å². The number of rotatable bonds is 5. The number of carbonyl (C=O) groups excluding carboxylic acids is 1. The molecule has 9 heteroatoms. The highest BCUT2D eigenvalue weighted by Crippen LogP contribution is 2.22. The molecule has 3 aromatic rings. The van der Waals surface area contributed by atoms with Gasteiger partial charge in [-0.2, -0.15) is 10.1 Å². The van der Waals surface area contributed by atoms with E-state index >= 15 is 0 Å². The van der Waals surface area contributed by atoms with Crippen LogP contribution in [0.1, 0.15) is 23.1 Å². The van der Waals surface area contributed by atoms with Crippen molar-refractivity contribution < 1.29 is 18.3 Å². The molecular formula is C17H18F2N4O2S. The Bertz CT molecular complexity index is 1020. The normalized spacial score (nSPS) is 12.3. The van der Waals surface area contributed by atoms with Gasteiger partial charge in [-0.25, -0.2) is 8.78 Å². The van der Waals surface area contributed by atoms with Gasteiger partial charge in [0.1, 0.15) is 5.82 Å². The molecule has 1 aromatic carbocycles. The van der Waals surface area contributed by atoms with Crippen molar-refractivity contribution >= 4 is 27.5 Å². The number of thiazole rings is 1. The summed E-state index contributed by atoms with van der Waals surface area (Å²) in [5, 5.41) is 4.11. The number of fused-ring (bicyclic) bond motifs is 1. The van der Waals surface area contributed by atoms with Crippen LogP contribution in [0.15, 0.2) is 23.2 Å². The molecule has 0 unspecified atom stereocenters.